The molecule has 1 rings (SSSR count). The molecule has 0 aromatic rings. The molecule has 1 aliphatic rings. The lowest BCUT2D eigenvalue weighted by molar-refractivity contribution is -0.142. The van der Waals surface area contributed by atoms with E-state index in [9.17, 15) is 4.79 Å². The van der Waals surface area contributed by atoms with Crippen LogP contribution < -0.4 is 5.32 Å². The van der Waals surface area contributed by atoms with E-state index < -0.39 is 18.1 Å². The number of hydrogen-bond acceptors (Lipinski definition) is 3. The average molecular weight is 145 g/mol. The SMILES string of the molecule is C[C@@H]1CNC(=O)[C@H](O)[C@@H]1O. The summed E-state index contributed by atoms with van der Waals surface area (Å²) in [6.45, 7) is 2.21. The van der Waals surface area contributed by atoms with E-state index >= 15 is 0 Å². The molecule has 0 aliphatic carbocycles. The van der Waals surface area contributed by atoms with Crippen LogP contribution in [0.2, 0.25) is 0 Å². The lowest BCUT2D eigenvalue weighted by Gasteiger charge is -2.28. The van der Waals surface area contributed by atoms with Gasteiger partial charge >= 0.3 is 0 Å². The highest BCUT2D eigenvalue weighted by atomic mass is 16.3. The van der Waals surface area contributed by atoms with Gasteiger partial charge in [0.2, 0.25) is 0 Å². The highest BCUT2D eigenvalue weighted by Gasteiger charge is 2.33. The smallest absolute Gasteiger partial charge is 0.251 e. The molecule has 3 N–H and O–H groups in total. The maximum absolute atomic E-state index is 10.6. The Balaban J connectivity index is 2.60. The summed E-state index contributed by atoms with van der Waals surface area (Å²) in [5.41, 5.74) is 0. The average Bonchev–Trinajstić information content (AvgIpc) is 1.93. The van der Waals surface area contributed by atoms with Crippen LogP contribution >= 0.6 is 0 Å². The molecule has 0 unspecified atom stereocenters. The minimum Gasteiger partial charge on any atom is -0.390 e. The molecule has 0 saturated carbocycles. The van der Waals surface area contributed by atoms with Gasteiger partial charge in [-0.05, 0) is 0 Å². The molecule has 1 amide bonds. The Labute approximate surface area is 58.9 Å². The van der Waals surface area contributed by atoms with E-state index in [2.05, 4.69) is 5.32 Å². The summed E-state index contributed by atoms with van der Waals surface area (Å²) >= 11 is 0. The standard InChI is InChI=1S/C6H11NO3/c1-3-2-7-6(10)5(9)4(3)8/h3-5,8-9H,2H2,1H3,(H,7,10)/t3-,4-,5-/m1/s1. The third-order valence-corrected chi connectivity index (χ3v) is 1.77. The van der Waals surface area contributed by atoms with E-state index in [1.807, 2.05) is 0 Å². The number of aliphatic hydroxyl groups is 2. The molecule has 10 heavy (non-hydrogen) atoms. The van der Waals surface area contributed by atoms with Crippen molar-refractivity contribution in [3.8, 4) is 0 Å². The Morgan fingerprint density at radius 2 is 2.20 bits per heavy atom. The van der Waals surface area contributed by atoms with Gasteiger partial charge in [-0.3, -0.25) is 4.79 Å². The first-order valence-corrected chi connectivity index (χ1v) is 3.27. The van der Waals surface area contributed by atoms with Crippen LogP contribution in [0.1, 0.15) is 6.92 Å². The monoisotopic (exact) mass is 145 g/mol. The van der Waals surface area contributed by atoms with E-state index in [0.717, 1.165) is 0 Å². The van der Waals surface area contributed by atoms with Crippen LogP contribution in [0.25, 0.3) is 0 Å². The van der Waals surface area contributed by atoms with Crippen molar-refractivity contribution in [3.63, 3.8) is 0 Å². The van der Waals surface area contributed by atoms with Gasteiger partial charge in [-0.15, -0.1) is 0 Å². The molecule has 0 spiro atoms. The second-order valence-corrected chi connectivity index (χ2v) is 2.66. The maximum Gasteiger partial charge on any atom is 0.251 e. The van der Waals surface area contributed by atoms with Gasteiger partial charge < -0.3 is 15.5 Å². The third kappa shape index (κ3) is 1.12. The van der Waals surface area contributed by atoms with Crippen LogP contribution in [0.5, 0.6) is 0 Å². The molecule has 58 valence electrons. The van der Waals surface area contributed by atoms with Crippen molar-refractivity contribution in [2.24, 2.45) is 5.92 Å². The van der Waals surface area contributed by atoms with Crippen molar-refractivity contribution >= 4 is 5.91 Å². The number of nitrogens with one attached hydrogen (secondary N) is 1. The summed E-state index contributed by atoms with van der Waals surface area (Å²) < 4.78 is 0. The molecule has 3 atom stereocenters. The lowest BCUT2D eigenvalue weighted by atomic mass is 9.95. The summed E-state index contributed by atoms with van der Waals surface area (Å²) in [5.74, 6) is -0.543. The normalized spacial score (nSPS) is 41.1. The third-order valence-electron chi connectivity index (χ3n) is 1.77. The Morgan fingerprint density at radius 3 is 2.70 bits per heavy atom. The number of aliphatic hydroxyl groups excluding tert-OH is 2. The van der Waals surface area contributed by atoms with Gasteiger partial charge in [0.05, 0.1) is 6.10 Å². The van der Waals surface area contributed by atoms with E-state index in [4.69, 9.17) is 10.2 Å². The molecule has 0 aromatic carbocycles. The van der Waals surface area contributed by atoms with E-state index in [-0.39, 0.29) is 5.92 Å². The molecular weight excluding hydrogens is 134 g/mol. The molecule has 1 aliphatic heterocycles. The van der Waals surface area contributed by atoms with Crippen molar-refractivity contribution < 1.29 is 15.0 Å². The van der Waals surface area contributed by atoms with Crippen LogP contribution in [0.15, 0.2) is 0 Å². The fraction of sp³-hybridized carbons (Fsp3) is 0.833. The summed E-state index contributed by atoms with van der Waals surface area (Å²) in [4.78, 5) is 10.6. The molecular formula is C6H11NO3. The second kappa shape index (κ2) is 2.56. The van der Waals surface area contributed by atoms with E-state index in [1.54, 1.807) is 6.92 Å². The molecule has 1 heterocycles. The topological polar surface area (TPSA) is 69.6 Å². The Kier molecular flexibility index (Phi) is 1.92. The van der Waals surface area contributed by atoms with Crippen molar-refractivity contribution in [2.45, 2.75) is 19.1 Å². The second-order valence-electron chi connectivity index (χ2n) is 2.66. The molecule has 0 bridgehead atoms. The summed E-state index contributed by atoms with van der Waals surface area (Å²) in [6, 6.07) is 0. The Hall–Kier alpha value is -0.610. The quantitative estimate of drug-likeness (QED) is 0.387. The van der Waals surface area contributed by atoms with Crippen molar-refractivity contribution in [1.29, 1.82) is 0 Å². The van der Waals surface area contributed by atoms with Gasteiger partial charge in [0.25, 0.3) is 5.91 Å². The van der Waals surface area contributed by atoms with Crippen LogP contribution in [-0.2, 0) is 4.79 Å². The molecule has 0 radical (unpaired) electrons. The van der Waals surface area contributed by atoms with Crippen LogP contribution in [0.3, 0.4) is 0 Å². The van der Waals surface area contributed by atoms with Gasteiger partial charge in [0, 0.05) is 12.5 Å². The fourth-order valence-electron chi connectivity index (χ4n) is 0.953. The zero-order valence-corrected chi connectivity index (χ0v) is 5.74. The van der Waals surface area contributed by atoms with Crippen LogP contribution in [0.4, 0.5) is 0 Å². The molecule has 1 fully saturated rings. The summed E-state index contributed by atoms with van der Waals surface area (Å²) in [6.07, 6.45) is -2.16. The first kappa shape index (κ1) is 7.50. The van der Waals surface area contributed by atoms with Gasteiger partial charge in [0.1, 0.15) is 0 Å². The van der Waals surface area contributed by atoms with E-state index in [0.29, 0.717) is 6.54 Å². The number of piperidine rings is 1. The predicted molar refractivity (Wildman–Crippen MR) is 34.2 cm³/mol. The molecule has 4 heteroatoms. The van der Waals surface area contributed by atoms with Gasteiger partial charge in [-0.2, -0.15) is 0 Å². The van der Waals surface area contributed by atoms with Gasteiger partial charge in [0.15, 0.2) is 6.10 Å². The maximum atomic E-state index is 10.6. The van der Waals surface area contributed by atoms with Gasteiger partial charge in [-0.25, -0.2) is 0 Å². The summed E-state index contributed by atoms with van der Waals surface area (Å²) in [7, 11) is 0. The zero-order chi connectivity index (χ0) is 7.72. The predicted octanol–water partition coefficient (Wildman–Crippen LogP) is -1.53. The highest BCUT2D eigenvalue weighted by molar-refractivity contribution is 5.81. The lowest BCUT2D eigenvalue weighted by Crippen LogP contribution is -2.53. The first-order valence-electron chi connectivity index (χ1n) is 3.27. The number of rotatable bonds is 0. The van der Waals surface area contributed by atoms with Crippen molar-refractivity contribution in [3.05, 3.63) is 0 Å². The molecule has 0 aromatic heterocycles. The fourth-order valence-corrected chi connectivity index (χ4v) is 0.953. The highest BCUT2D eigenvalue weighted by Crippen LogP contribution is 2.10. The van der Waals surface area contributed by atoms with Crippen LogP contribution in [-0.4, -0.2) is 34.9 Å². The number of carbonyl (C=O) groups excluding carboxylic acids is 1. The zero-order valence-electron chi connectivity index (χ0n) is 5.74. The first-order chi connectivity index (χ1) is 4.63. The van der Waals surface area contributed by atoms with Crippen molar-refractivity contribution in [2.75, 3.05) is 6.54 Å². The number of carbonyl (C=O) groups is 1. The Morgan fingerprint density at radius 1 is 1.60 bits per heavy atom. The number of amides is 1. The molecule has 1 saturated heterocycles. The minimum atomic E-state index is -1.25. The minimum absolute atomic E-state index is 0.0623. The Bertz CT molecular complexity index is 148. The molecule has 4 nitrogen and oxygen atoms in total. The van der Waals surface area contributed by atoms with Gasteiger partial charge in [-0.1, -0.05) is 6.92 Å². The summed E-state index contributed by atoms with van der Waals surface area (Å²) in [5, 5.41) is 20.5. The number of hydrogen-bond donors (Lipinski definition) is 3. The largest absolute Gasteiger partial charge is 0.390 e. The van der Waals surface area contributed by atoms with E-state index in [1.165, 1.54) is 0 Å². The van der Waals surface area contributed by atoms with Crippen LogP contribution in [0, 0.1) is 5.92 Å². The van der Waals surface area contributed by atoms with Crippen molar-refractivity contribution in [1.82, 2.24) is 5.32 Å².